The van der Waals surface area contributed by atoms with Gasteiger partial charge in [0.2, 0.25) is 0 Å². The van der Waals surface area contributed by atoms with Gasteiger partial charge in [-0.05, 0) is 88.0 Å². The third-order valence-corrected chi connectivity index (χ3v) is 11.1. The third kappa shape index (κ3) is 7.45. The van der Waals surface area contributed by atoms with Crippen molar-refractivity contribution in [1.29, 1.82) is 0 Å². The van der Waals surface area contributed by atoms with E-state index in [1.165, 1.54) is 44.5 Å². The Labute approximate surface area is 336 Å². The van der Waals surface area contributed by atoms with Gasteiger partial charge in [0.15, 0.2) is 0 Å². The number of allylic oxidation sites excluding steroid dienone is 2. The monoisotopic (exact) mass is 746 g/mol. The first-order valence-corrected chi connectivity index (χ1v) is 20.3. The molecular formula is C51H62N4O. The number of hydrogen-bond donors (Lipinski definition) is 0. The van der Waals surface area contributed by atoms with Crippen molar-refractivity contribution in [2.24, 2.45) is 10.8 Å². The zero-order chi connectivity index (χ0) is 40.5. The van der Waals surface area contributed by atoms with Crippen LogP contribution in [0.15, 0.2) is 115 Å². The molecule has 7 rings (SSSR count). The molecule has 0 N–H and O–H groups in total. The molecule has 6 aromatic rings. The highest BCUT2D eigenvalue weighted by molar-refractivity contribution is 6.09. The molecule has 0 atom stereocenters. The van der Waals surface area contributed by atoms with Gasteiger partial charge in [-0.25, -0.2) is 4.98 Å². The molecule has 1 aliphatic heterocycles. The molecule has 0 aliphatic carbocycles. The molecule has 3 heterocycles. The van der Waals surface area contributed by atoms with E-state index in [0.29, 0.717) is 12.6 Å². The summed E-state index contributed by atoms with van der Waals surface area (Å²) in [5, 5.41) is 2.38. The molecule has 5 nitrogen and oxygen atoms in total. The molecule has 56 heavy (non-hydrogen) atoms. The van der Waals surface area contributed by atoms with Gasteiger partial charge in [0.1, 0.15) is 17.3 Å². The van der Waals surface area contributed by atoms with Gasteiger partial charge in [-0.3, -0.25) is 4.57 Å². The van der Waals surface area contributed by atoms with E-state index in [9.17, 15) is 0 Å². The summed E-state index contributed by atoms with van der Waals surface area (Å²) in [4.78, 5) is 9.95. The van der Waals surface area contributed by atoms with Crippen LogP contribution in [0.1, 0.15) is 120 Å². The van der Waals surface area contributed by atoms with Crippen LogP contribution in [-0.2, 0) is 10.8 Å². The number of hydrogen-bond acceptors (Lipinski definition) is 4. The molecular weight excluding hydrogens is 685 g/mol. The maximum Gasteiger partial charge on any atom is 0.137 e. The Kier molecular flexibility index (Phi) is 9.71. The second-order valence-corrected chi connectivity index (χ2v) is 20.2. The zero-order valence-electron chi connectivity index (χ0n) is 36.3. The fourth-order valence-electron chi connectivity index (χ4n) is 8.14. The smallest absolute Gasteiger partial charge is 0.137 e. The van der Waals surface area contributed by atoms with Gasteiger partial charge in [0, 0.05) is 62.7 Å². The van der Waals surface area contributed by atoms with E-state index in [-0.39, 0.29) is 21.7 Å². The molecule has 1 aliphatic rings. The minimum Gasteiger partial charge on any atom is -0.457 e. The van der Waals surface area contributed by atoms with Crippen LogP contribution in [0.25, 0.3) is 27.6 Å². The molecule has 0 bridgehead atoms. The lowest BCUT2D eigenvalue weighted by Gasteiger charge is -2.35. The van der Waals surface area contributed by atoms with E-state index in [2.05, 4.69) is 208 Å². The lowest BCUT2D eigenvalue weighted by molar-refractivity contribution is 0.444. The third-order valence-electron chi connectivity index (χ3n) is 11.1. The normalized spacial score (nSPS) is 14.6. The van der Waals surface area contributed by atoms with Crippen LogP contribution in [0.4, 0.5) is 11.4 Å². The summed E-state index contributed by atoms with van der Waals surface area (Å²) >= 11 is 0. The van der Waals surface area contributed by atoms with Crippen molar-refractivity contribution >= 4 is 33.2 Å². The Hall–Kier alpha value is -5.03. The maximum absolute atomic E-state index is 6.78. The van der Waals surface area contributed by atoms with Crippen molar-refractivity contribution in [1.82, 2.24) is 9.55 Å². The minimum atomic E-state index is -0.123. The molecule has 4 aromatic carbocycles. The average Bonchev–Trinajstić information content (AvgIpc) is 3.69. The molecule has 0 saturated heterocycles. The van der Waals surface area contributed by atoms with Crippen LogP contribution in [0.2, 0.25) is 0 Å². The van der Waals surface area contributed by atoms with Gasteiger partial charge in [0.05, 0.1) is 17.7 Å². The van der Waals surface area contributed by atoms with E-state index in [1.807, 2.05) is 6.20 Å². The van der Waals surface area contributed by atoms with Gasteiger partial charge >= 0.3 is 0 Å². The quantitative estimate of drug-likeness (QED) is 0.170. The Morgan fingerprint density at radius 2 is 1.12 bits per heavy atom. The summed E-state index contributed by atoms with van der Waals surface area (Å²) in [6, 6.07) is 35.2. The van der Waals surface area contributed by atoms with Crippen LogP contribution < -0.4 is 14.5 Å². The van der Waals surface area contributed by atoms with E-state index in [4.69, 9.17) is 9.72 Å². The standard InChI is InChI=1S/C51H62N4O/c1-33(2)34-24-25-52-45(26-34)55-43-21-16-15-20-41(43)42-23-22-40(31-44(42)55)56-39-19-17-18-37(30-39)53-32-54(47(51(12,13)14)46(53)50(9,10)11)38-28-35(48(3,4)5)27-36(29-38)49(6,7)8/h15-31,33H,32H2,1-14H3. The van der Waals surface area contributed by atoms with Crippen molar-refractivity contribution in [3.05, 3.63) is 131 Å². The number of anilines is 2. The lowest BCUT2D eigenvalue weighted by atomic mass is 9.79. The molecule has 0 radical (unpaired) electrons. The van der Waals surface area contributed by atoms with Gasteiger partial charge in [0.25, 0.3) is 0 Å². The van der Waals surface area contributed by atoms with Crippen LogP contribution in [0, 0.1) is 10.8 Å². The number of nitrogens with zero attached hydrogens (tertiary/aromatic N) is 4. The van der Waals surface area contributed by atoms with Gasteiger partial charge < -0.3 is 14.5 Å². The van der Waals surface area contributed by atoms with Crippen LogP contribution in [0.3, 0.4) is 0 Å². The van der Waals surface area contributed by atoms with Crippen molar-refractivity contribution in [3.63, 3.8) is 0 Å². The number of benzene rings is 4. The lowest BCUT2D eigenvalue weighted by Crippen LogP contribution is -2.31. The second kappa shape index (κ2) is 13.9. The Morgan fingerprint density at radius 1 is 0.536 bits per heavy atom. The van der Waals surface area contributed by atoms with E-state index in [1.54, 1.807) is 0 Å². The summed E-state index contributed by atoms with van der Waals surface area (Å²) in [5.74, 6) is 2.91. The van der Waals surface area contributed by atoms with Crippen LogP contribution in [-0.4, -0.2) is 16.2 Å². The number of fused-ring (bicyclic) bond motifs is 3. The van der Waals surface area contributed by atoms with Crippen molar-refractivity contribution < 1.29 is 4.74 Å². The molecule has 292 valence electrons. The van der Waals surface area contributed by atoms with Gasteiger partial charge in [-0.15, -0.1) is 0 Å². The molecule has 0 amide bonds. The SMILES string of the molecule is CC(C)c1ccnc(-n2c3ccccc3c3ccc(Oc4cccc(N5CN(c6cc(C(C)(C)C)cc(C(C)(C)C)c6)C(C(C)(C)C)=C5C(C)(C)C)c4)cc32)c1. The Balaban J connectivity index is 1.31. The summed E-state index contributed by atoms with van der Waals surface area (Å²) in [5.41, 5.74) is 11.1. The molecule has 0 fully saturated rings. The van der Waals surface area contributed by atoms with E-state index >= 15 is 0 Å². The fourth-order valence-corrected chi connectivity index (χ4v) is 8.14. The summed E-state index contributed by atoms with van der Waals surface area (Å²) < 4.78 is 9.05. The first kappa shape index (κ1) is 39.2. The first-order chi connectivity index (χ1) is 26.1. The van der Waals surface area contributed by atoms with Gasteiger partial charge in [-0.1, -0.05) is 127 Å². The number of para-hydroxylation sites is 1. The number of rotatable bonds is 6. The van der Waals surface area contributed by atoms with Crippen molar-refractivity contribution in [2.45, 2.75) is 114 Å². The van der Waals surface area contributed by atoms with Gasteiger partial charge in [-0.2, -0.15) is 0 Å². The van der Waals surface area contributed by atoms with E-state index in [0.717, 1.165) is 34.0 Å². The topological polar surface area (TPSA) is 33.5 Å². The molecule has 2 aromatic heterocycles. The molecule has 5 heteroatoms. The Morgan fingerprint density at radius 3 is 1.73 bits per heavy atom. The highest BCUT2D eigenvalue weighted by Crippen LogP contribution is 2.49. The number of pyridine rings is 1. The van der Waals surface area contributed by atoms with Crippen LogP contribution in [0.5, 0.6) is 11.5 Å². The zero-order valence-corrected chi connectivity index (χ0v) is 36.3. The van der Waals surface area contributed by atoms with Crippen LogP contribution >= 0.6 is 0 Å². The summed E-state index contributed by atoms with van der Waals surface area (Å²) in [7, 11) is 0. The average molecular weight is 747 g/mol. The fraction of sp³-hybridized carbons (Fsp3) is 0.392. The summed E-state index contributed by atoms with van der Waals surface area (Å²) in [6.45, 7) is 33.2. The largest absolute Gasteiger partial charge is 0.457 e. The molecule has 0 spiro atoms. The molecule has 0 unspecified atom stereocenters. The van der Waals surface area contributed by atoms with E-state index < -0.39 is 0 Å². The van der Waals surface area contributed by atoms with Crippen molar-refractivity contribution in [2.75, 3.05) is 16.5 Å². The predicted molar refractivity (Wildman–Crippen MR) is 239 cm³/mol. The van der Waals surface area contributed by atoms with Crippen molar-refractivity contribution in [3.8, 4) is 17.3 Å². The number of aromatic nitrogens is 2. The minimum absolute atomic E-state index is 0.0194. The Bertz CT molecular complexity index is 2420. The maximum atomic E-state index is 6.78. The summed E-state index contributed by atoms with van der Waals surface area (Å²) in [6.07, 6.45) is 1.92. The number of ether oxygens (including phenoxy) is 1. The second-order valence-electron chi connectivity index (χ2n) is 20.2. The highest BCUT2D eigenvalue weighted by Gasteiger charge is 2.42. The first-order valence-electron chi connectivity index (χ1n) is 20.3. The highest BCUT2D eigenvalue weighted by atomic mass is 16.5. The molecule has 0 saturated carbocycles. The predicted octanol–water partition coefficient (Wildman–Crippen LogP) is 14.3.